The summed E-state index contributed by atoms with van der Waals surface area (Å²) in [5, 5.41) is 4.19. The van der Waals surface area contributed by atoms with Crippen LogP contribution in [0.25, 0.3) is 11.8 Å². The zero-order valence-electron chi connectivity index (χ0n) is 13.8. The molecule has 0 saturated heterocycles. The van der Waals surface area contributed by atoms with Crippen molar-refractivity contribution >= 4 is 52.5 Å². The van der Waals surface area contributed by atoms with Gasteiger partial charge in [0.1, 0.15) is 12.7 Å². The molecule has 0 fully saturated rings. The van der Waals surface area contributed by atoms with E-state index >= 15 is 0 Å². The van der Waals surface area contributed by atoms with Crippen molar-refractivity contribution < 1.29 is 13.2 Å². The van der Waals surface area contributed by atoms with E-state index in [-0.39, 0.29) is 20.6 Å². The molecule has 0 radical (unpaired) electrons. The van der Waals surface area contributed by atoms with Gasteiger partial charge in [-0.3, -0.25) is 0 Å². The lowest BCUT2D eigenvalue weighted by atomic mass is 9.97. The highest BCUT2D eigenvalue weighted by molar-refractivity contribution is 6.48. The molecule has 1 aromatic heterocycles. The minimum atomic E-state index is -4.55. The Morgan fingerprint density at radius 1 is 0.964 bits per heavy atom. The van der Waals surface area contributed by atoms with Crippen LogP contribution in [-0.2, 0) is 0 Å². The second kappa shape index (κ2) is 8.33. The van der Waals surface area contributed by atoms with Crippen LogP contribution in [-0.4, -0.2) is 20.9 Å². The Hall–Kier alpha value is -1.73. The summed E-state index contributed by atoms with van der Waals surface area (Å²) in [6.45, 7) is 0. The van der Waals surface area contributed by atoms with E-state index in [0.717, 1.165) is 18.2 Å². The molecule has 0 spiro atoms. The molecule has 0 N–H and O–H groups in total. The summed E-state index contributed by atoms with van der Waals surface area (Å²) < 4.78 is 42.2. The monoisotopic (exact) mass is 465 g/mol. The van der Waals surface area contributed by atoms with Gasteiger partial charge < -0.3 is 0 Å². The van der Waals surface area contributed by atoms with Gasteiger partial charge in [0.05, 0.1) is 31.7 Å². The maximum absolute atomic E-state index is 13.6. The summed E-state index contributed by atoms with van der Waals surface area (Å²) in [7, 11) is 0. The normalized spacial score (nSPS) is 13.2. The van der Waals surface area contributed by atoms with Crippen LogP contribution in [0.4, 0.5) is 13.2 Å². The van der Waals surface area contributed by atoms with Crippen LogP contribution in [0.2, 0.25) is 20.1 Å². The molecule has 0 aliphatic rings. The largest absolute Gasteiger partial charge is 0.399 e. The van der Waals surface area contributed by atoms with Gasteiger partial charge in [0.25, 0.3) is 0 Å². The van der Waals surface area contributed by atoms with Gasteiger partial charge >= 0.3 is 6.18 Å². The van der Waals surface area contributed by atoms with Crippen LogP contribution in [0.15, 0.2) is 49.1 Å². The summed E-state index contributed by atoms with van der Waals surface area (Å²) >= 11 is 23.8. The zero-order valence-corrected chi connectivity index (χ0v) is 16.8. The fourth-order valence-corrected chi connectivity index (χ4v) is 3.41. The maximum Gasteiger partial charge on any atom is 0.399 e. The van der Waals surface area contributed by atoms with Gasteiger partial charge in [-0.25, -0.2) is 9.67 Å². The number of nitrogens with zero attached hydrogens (tertiary/aromatic N) is 3. The predicted octanol–water partition coefficient (Wildman–Crippen LogP) is 7.24. The van der Waals surface area contributed by atoms with Crippen molar-refractivity contribution in [2.45, 2.75) is 12.1 Å². The Balaban J connectivity index is 1.94. The van der Waals surface area contributed by atoms with E-state index in [1.807, 2.05) is 0 Å². The van der Waals surface area contributed by atoms with Gasteiger partial charge in [-0.15, -0.1) is 0 Å². The Morgan fingerprint density at radius 2 is 1.64 bits per heavy atom. The highest BCUT2D eigenvalue weighted by atomic mass is 35.5. The summed E-state index contributed by atoms with van der Waals surface area (Å²) in [6, 6.07) is 7.09. The Kier molecular flexibility index (Phi) is 6.25. The van der Waals surface area contributed by atoms with E-state index in [2.05, 4.69) is 10.1 Å². The molecule has 3 rings (SSSR count). The molecule has 146 valence electrons. The smallest absolute Gasteiger partial charge is 0.223 e. The van der Waals surface area contributed by atoms with Crippen molar-refractivity contribution in [3.63, 3.8) is 0 Å². The number of hydrogen-bond donors (Lipinski definition) is 0. The number of hydrogen-bond acceptors (Lipinski definition) is 2. The van der Waals surface area contributed by atoms with E-state index in [1.54, 1.807) is 12.1 Å². The number of rotatable bonds is 4. The number of aromatic nitrogens is 3. The lowest BCUT2D eigenvalue weighted by Gasteiger charge is -2.18. The second-order valence-electron chi connectivity index (χ2n) is 5.73. The van der Waals surface area contributed by atoms with E-state index in [1.165, 1.54) is 29.5 Å². The number of allylic oxidation sites excluding steroid dienone is 1. The molecule has 0 amide bonds. The van der Waals surface area contributed by atoms with Crippen LogP contribution in [0, 0.1) is 0 Å². The first-order valence-electron chi connectivity index (χ1n) is 7.70. The van der Waals surface area contributed by atoms with E-state index in [4.69, 9.17) is 46.4 Å². The van der Waals surface area contributed by atoms with Crippen molar-refractivity contribution in [3.8, 4) is 5.69 Å². The summed E-state index contributed by atoms with van der Waals surface area (Å²) in [6.07, 6.45) is 0.592. The van der Waals surface area contributed by atoms with Gasteiger partial charge in [-0.05, 0) is 35.4 Å². The molecule has 0 aliphatic heterocycles. The average Bonchev–Trinajstić information content (AvgIpc) is 3.13. The molecule has 0 aliphatic carbocycles. The summed E-state index contributed by atoms with van der Waals surface area (Å²) in [5.74, 6) is -1.92. The fraction of sp³-hybridized carbons (Fsp3) is 0.111. The van der Waals surface area contributed by atoms with Crippen LogP contribution in [0.1, 0.15) is 17.0 Å². The van der Waals surface area contributed by atoms with Gasteiger partial charge in [-0.1, -0.05) is 64.6 Å². The third kappa shape index (κ3) is 4.63. The highest BCUT2D eigenvalue weighted by Crippen LogP contribution is 2.41. The fourth-order valence-electron chi connectivity index (χ4n) is 2.52. The zero-order chi connectivity index (χ0) is 20.5. The molecule has 0 saturated carbocycles. The average molecular weight is 467 g/mol. The molecule has 0 bridgehead atoms. The first-order valence-corrected chi connectivity index (χ1v) is 9.22. The first-order chi connectivity index (χ1) is 13.2. The topological polar surface area (TPSA) is 30.7 Å². The van der Waals surface area contributed by atoms with Gasteiger partial charge in [0, 0.05) is 0 Å². The molecule has 3 aromatic rings. The van der Waals surface area contributed by atoms with E-state index < -0.39 is 12.1 Å². The lowest BCUT2D eigenvalue weighted by molar-refractivity contribution is -0.139. The van der Waals surface area contributed by atoms with Crippen LogP contribution in [0.5, 0.6) is 0 Å². The molecule has 3 nitrogen and oxygen atoms in total. The molecule has 1 heterocycles. The molecule has 10 heteroatoms. The van der Waals surface area contributed by atoms with Crippen molar-refractivity contribution in [3.05, 3.63) is 80.3 Å². The van der Waals surface area contributed by atoms with Gasteiger partial charge in [-0.2, -0.15) is 18.3 Å². The molecule has 2 aromatic carbocycles. The number of alkyl halides is 3. The van der Waals surface area contributed by atoms with Crippen molar-refractivity contribution in [2.24, 2.45) is 0 Å². The molecule has 28 heavy (non-hydrogen) atoms. The van der Waals surface area contributed by atoms with Gasteiger partial charge in [0.15, 0.2) is 0 Å². The summed E-state index contributed by atoms with van der Waals surface area (Å²) in [5.41, 5.74) is 0.919. The minimum absolute atomic E-state index is 0.00692. The highest BCUT2D eigenvalue weighted by Gasteiger charge is 2.39. The Bertz CT molecular complexity index is 994. The van der Waals surface area contributed by atoms with Gasteiger partial charge in [0.2, 0.25) is 0 Å². The Labute approximate surface area is 178 Å². The van der Waals surface area contributed by atoms with Crippen LogP contribution >= 0.6 is 46.4 Å². The third-order valence-corrected chi connectivity index (χ3v) is 5.34. The maximum atomic E-state index is 13.6. The third-order valence-electron chi connectivity index (χ3n) is 3.84. The predicted molar refractivity (Wildman–Crippen MR) is 106 cm³/mol. The molecular formula is C18H10Cl4F3N3. The summed E-state index contributed by atoms with van der Waals surface area (Å²) in [4.78, 5) is 3.83. The minimum Gasteiger partial charge on any atom is -0.223 e. The van der Waals surface area contributed by atoms with E-state index in [9.17, 15) is 13.2 Å². The van der Waals surface area contributed by atoms with Crippen molar-refractivity contribution in [1.29, 1.82) is 0 Å². The van der Waals surface area contributed by atoms with Crippen LogP contribution < -0.4 is 0 Å². The Morgan fingerprint density at radius 3 is 2.18 bits per heavy atom. The van der Waals surface area contributed by atoms with Crippen molar-refractivity contribution in [1.82, 2.24) is 14.8 Å². The van der Waals surface area contributed by atoms with Crippen molar-refractivity contribution in [2.75, 3.05) is 0 Å². The lowest BCUT2D eigenvalue weighted by Crippen LogP contribution is -2.19. The number of halogens is 7. The van der Waals surface area contributed by atoms with Crippen LogP contribution in [0.3, 0.4) is 0 Å². The SMILES string of the molecule is FC(F)(F)C(/C=C/c1ccc(-n2cncn2)c(Cl)c1)c1cc(Cl)c(Cl)c(Cl)c1. The second-order valence-corrected chi connectivity index (χ2v) is 7.33. The molecular weight excluding hydrogens is 457 g/mol. The number of benzene rings is 2. The molecule has 1 unspecified atom stereocenters. The first kappa shape index (κ1) is 21.0. The van der Waals surface area contributed by atoms with E-state index in [0.29, 0.717) is 16.3 Å². The standard InChI is InChI=1S/C18H10Cl4F3N3/c19-13-5-10(2-4-16(13)28-9-26-8-27-28)1-3-12(18(23,24)25)11-6-14(20)17(22)15(21)7-11/h1-9,12H/b3-1+. The molecule has 1 atom stereocenters. The quantitative estimate of drug-likeness (QED) is 0.379.